The van der Waals surface area contributed by atoms with Gasteiger partial charge in [-0.2, -0.15) is 5.10 Å². The Morgan fingerprint density at radius 2 is 1.90 bits per heavy atom. The largest absolute Gasteiger partial charge is 0.356 e. The number of hydrogen-bond donors (Lipinski definition) is 2. The number of guanidine groups is 1. The third-order valence-corrected chi connectivity index (χ3v) is 4.79. The van der Waals surface area contributed by atoms with Gasteiger partial charge in [-0.15, -0.1) is 34.2 Å². The van der Waals surface area contributed by atoms with Crippen molar-refractivity contribution in [2.24, 2.45) is 12.0 Å². The van der Waals surface area contributed by atoms with Crippen LogP contribution < -0.4 is 10.6 Å². The second-order valence-electron chi connectivity index (χ2n) is 7.05. The zero-order valence-electron chi connectivity index (χ0n) is 18.1. The first-order chi connectivity index (χ1) is 14.1. The highest BCUT2D eigenvalue weighted by molar-refractivity contribution is 14.0. The molecule has 9 heteroatoms. The van der Waals surface area contributed by atoms with Crippen molar-refractivity contribution in [3.8, 4) is 5.69 Å². The fraction of sp³-hybridized carbons (Fsp3) is 0.429. The van der Waals surface area contributed by atoms with Gasteiger partial charge in [-0.05, 0) is 38.0 Å². The van der Waals surface area contributed by atoms with Gasteiger partial charge in [0.25, 0.3) is 0 Å². The number of hydrogen-bond acceptors (Lipinski definition) is 4. The summed E-state index contributed by atoms with van der Waals surface area (Å²) < 4.78 is 3.88. The Hall–Kier alpha value is -2.43. The van der Waals surface area contributed by atoms with Crippen molar-refractivity contribution in [1.82, 2.24) is 35.2 Å². The van der Waals surface area contributed by atoms with E-state index >= 15 is 0 Å². The van der Waals surface area contributed by atoms with Crippen LogP contribution in [-0.4, -0.2) is 37.0 Å². The molecule has 2 N–H and O–H groups in total. The van der Waals surface area contributed by atoms with E-state index in [2.05, 4.69) is 45.0 Å². The van der Waals surface area contributed by atoms with E-state index in [-0.39, 0.29) is 24.0 Å². The molecule has 0 amide bonds. The molecular weight excluding hydrogens is 491 g/mol. The van der Waals surface area contributed by atoms with E-state index in [4.69, 9.17) is 4.99 Å². The van der Waals surface area contributed by atoms with Crippen LogP contribution in [0.2, 0.25) is 0 Å². The summed E-state index contributed by atoms with van der Waals surface area (Å²) in [7, 11) is 1.97. The van der Waals surface area contributed by atoms with E-state index in [1.165, 1.54) is 0 Å². The number of aromatic nitrogens is 5. The molecule has 2 heterocycles. The fourth-order valence-electron chi connectivity index (χ4n) is 2.91. The van der Waals surface area contributed by atoms with Crippen LogP contribution in [0.15, 0.2) is 41.5 Å². The third kappa shape index (κ3) is 6.28. The van der Waals surface area contributed by atoms with Gasteiger partial charge in [0.2, 0.25) is 0 Å². The summed E-state index contributed by atoms with van der Waals surface area (Å²) in [6.07, 6.45) is 4.20. The van der Waals surface area contributed by atoms with E-state index in [9.17, 15) is 0 Å². The molecule has 0 saturated carbocycles. The monoisotopic (exact) mass is 522 g/mol. The average Bonchev–Trinajstić information content (AvgIpc) is 3.30. The Kier molecular flexibility index (Phi) is 9.28. The lowest BCUT2D eigenvalue weighted by molar-refractivity contribution is 0.695. The lowest BCUT2D eigenvalue weighted by Gasteiger charge is -2.13. The van der Waals surface area contributed by atoms with Crippen molar-refractivity contribution < 1.29 is 0 Å². The summed E-state index contributed by atoms with van der Waals surface area (Å²) in [6, 6.07) is 10.2. The zero-order chi connectivity index (χ0) is 20.6. The molecule has 0 bridgehead atoms. The average molecular weight is 522 g/mol. The Morgan fingerprint density at radius 3 is 2.57 bits per heavy atom. The molecule has 0 spiro atoms. The molecule has 0 fully saturated rings. The van der Waals surface area contributed by atoms with Gasteiger partial charge in [0.15, 0.2) is 11.8 Å². The van der Waals surface area contributed by atoms with Gasteiger partial charge >= 0.3 is 0 Å². The summed E-state index contributed by atoms with van der Waals surface area (Å²) in [5.74, 6) is 2.54. The molecule has 3 rings (SSSR count). The second kappa shape index (κ2) is 11.7. The second-order valence-corrected chi connectivity index (χ2v) is 7.05. The summed E-state index contributed by atoms with van der Waals surface area (Å²) in [6.45, 7) is 8.10. The van der Waals surface area contributed by atoms with Crippen molar-refractivity contribution in [2.75, 3.05) is 6.54 Å². The predicted octanol–water partition coefficient (Wildman–Crippen LogP) is 3.27. The fourth-order valence-corrected chi connectivity index (χ4v) is 2.91. The number of nitrogens with one attached hydrogen (secondary N) is 2. The Morgan fingerprint density at radius 1 is 1.10 bits per heavy atom. The van der Waals surface area contributed by atoms with Crippen LogP contribution in [0.1, 0.15) is 42.7 Å². The number of benzene rings is 1. The van der Waals surface area contributed by atoms with Crippen LogP contribution in [0, 0.1) is 13.8 Å². The highest BCUT2D eigenvalue weighted by Gasteiger charge is 2.08. The lowest BCUT2D eigenvalue weighted by Crippen LogP contribution is -2.38. The Balaban J connectivity index is 0.00000320. The normalized spacial score (nSPS) is 11.3. The maximum atomic E-state index is 4.81. The molecule has 0 atom stereocenters. The van der Waals surface area contributed by atoms with Gasteiger partial charge in [-0.1, -0.05) is 31.5 Å². The topological polar surface area (TPSA) is 84.9 Å². The van der Waals surface area contributed by atoms with Crippen molar-refractivity contribution in [2.45, 2.75) is 46.7 Å². The number of nitrogens with zero attached hydrogens (tertiary/aromatic N) is 6. The van der Waals surface area contributed by atoms with Crippen LogP contribution >= 0.6 is 24.0 Å². The number of aliphatic imine (C=N–C) groups is 1. The third-order valence-electron chi connectivity index (χ3n) is 4.79. The molecule has 0 unspecified atom stereocenters. The van der Waals surface area contributed by atoms with Crippen LogP contribution in [0.5, 0.6) is 0 Å². The number of rotatable bonds is 8. The predicted molar refractivity (Wildman–Crippen MR) is 130 cm³/mol. The molecular formula is C21H31IN8. The Bertz CT molecular complexity index is 960. The number of aryl methyl sites for hydroxylation is 2. The first-order valence-corrected chi connectivity index (χ1v) is 10.1. The maximum absolute atomic E-state index is 4.81. The van der Waals surface area contributed by atoms with Crippen molar-refractivity contribution in [3.05, 3.63) is 59.4 Å². The van der Waals surface area contributed by atoms with Crippen molar-refractivity contribution in [1.29, 1.82) is 0 Å². The van der Waals surface area contributed by atoms with Gasteiger partial charge in [-0.3, -0.25) is 0 Å². The van der Waals surface area contributed by atoms with Gasteiger partial charge < -0.3 is 15.2 Å². The Labute approximate surface area is 195 Å². The van der Waals surface area contributed by atoms with Gasteiger partial charge in [-0.25, -0.2) is 9.67 Å². The molecule has 1 aromatic carbocycles. The first kappa shape index (κ1) is 23.8. The quantitative estimate of drug-likeness (QED) is 0.205. The maximum Gasteiger partial charge on any atom is 0.191 e. The molecule has 0 aliphatic heterocycles. The zero-order valence-corrected chi connectivity index (χ0v) is 20.4. The molecule has 8 nitrogen and oxygen atoms in total. The summed E-state index contributed by atoms with van der Waals surface area (Å²) in [5.41, 5.74) is 3.15. The minimum Gasteiger partial charge on any atom is -0.356 e. The number of halogens is 1. The smallest absolute Gasteiger partial charge is 0.191 e. The minimum absolute atomic E-state index is 0. The van der Waals surface area contributed by atoms with Crippen LogP contribution in [-0.2, 0) is 20.1 Å². The van der Waals surface area contributed by atoms with Gasteiger partial charge in [0.1, 0.15) is 5.82 Å². The number of para-hydroxylation sites is 1. The molecule has 0 aliphatic carbocycles. The highest BCUT2D eigenvalue weighted by atomic mass is 127. The van der Waals surface area contributed by atoms with Crippen LogP contribution in [0.3, 0.4) is 0 Å². The molecule has 3 aromatic rings. The molecule has 162 valence electrons. The van der Waals surface area contributed by atoms with E-state index < -0.39 is 0 Å². The van der Waals surface area contributed by atoms with E-state index in [1.807, 2.05) is 54.5 Å². The lowest BCUT2D eigenvalue weighted by atomic mass is 10.2. The van der Waals surface area contributed by atoms with Crippen LogP contribution in [0.4, 0.5) is 0 Å². The SMILES string of the molecule is CCCCNC(=NCc1ccccc1-n1ccc(C)n1)NCc1nnc(C)n1C.I. The van der Waals surface area contributed by atoms with E-state index in [0.717, 1.165) is 53.9 Å². The van der Waals surface area contributed by atoms with E-state index in [1.54, 1.807) is 0 Å². The first-order valence-electron chi connectivity index (χ1n) is 10.1. The molecule has 0 aliphatic rings. The highest BCUT2D eigenvalue weighted by Crippen LogP contribution is 2.15. The minimum atomic E-state index is 0. The van der Waals surface area contributed by atoms with Gasteiger partial charge in [0, 0.05) is 19.8 Å². The molecule has 2 aromatic heterocycles. The number of unbranched alkanes of at least 4 members (excludes halogenated alkanes) is 1. The van der Waals surface area contributed by atoms with E-state index in [0.29, 0.717) is 13.1 Å². The summed E-state index contributed by atoms with van der Waals surface area (Å²) in [4.78, 5) is 4.81. The molecule has 30 heavy (non-hydrogen) atoms. The van der Waals surface area contributed by atoms with Crippen molar-refractivity contribution >= 4 is 29.9 Å². The molecule has 0 saturated heterocycles. The summed E-state index contributed by atoms with van der Waals surface area (Å²) in [5, 5.41) is 19.6. The standard InChI is InChI=1S/C21H30N8.HI/c1-5-6-12-22-21(24-15-20-26-25-17(3)28(20)4)23-14-18-9-7-8-10-19(18)29-13-11-16(2)27-29;/h7-11,13H,5-6,12,14-15H2,1-4H3,(H2,22,23,24);1H. The van der Waals surface area contributed by atoms with Crippen LogP contribution in [0.25, 0.3) is 5.69 Å². The molecule has 0 radical (unpaired) electrons. The van der Waals surface area contributed by atoms with Crippen molar-refractivity contribution in [3.63, 3.8) is 0 Å². The van der Waals surface area contributed by atoms with Gasteiger partial charge in [0.05, 0.1) is 24.5 Å². The summed E-state index contributed by atoms with van der Waals surface area (Å²) >= 11 is 0.